The summed E-state index contributed by atoms with van der Waals surface area (Å²) < 4.78 is 4.42. The molecule has 4 aliphatic rings. The maximum atomic E-state index is 6.56. The first-order chi connectivity index (χ1) is 23.0. The molecule has 0 aliphatic heterocycles. The molecule has 8 rings (SSSR count). The van der Waals surface area contributed by atoms with Gasteiger partial charge in [-0.05, 0) is 113 Å². The zero-order valence-electron chi connectivity index (χ0n) is 30.5. The van der Waals surface area contributed by atoms with Crippen LogP contribution in [0.25, 0.3) is 22.1 Å². The van der Waals surface area contributed by atoms with Crippen molar-refractivity contribution in [2.75, 3.05) is 0 Å². The second-order valence-corrected chi connectivity index (χ2v) is 20.2. The quantitative estimate of drug-likeness (QED) is 0.114. The first kappa shape index (κ1) is 39.9. The maximum absolute atomic E-state index is 6.56. The summed E-state index contributed by atoms with van der Waals surface area (Å²) >= 11 is 6.56. The minimum Gasteiger partial charge on any atom is -0.343 e. The van der Waals surface area contributed by atoms with Gasteiger partial charge in [-0.3, -0.25) is 0 Å². The maximum Gasteiger partial charge on any atom is 1.00 e. The second kappa shape index (κ2) is 20.8. The van der Waals surface area contributed by atoms with E-state index in [0.717, 1.165) is 34.6 Å². The van der Waals surface area contributed by atoms with Crippen LogP contribution in [0.3, 0.4) is 0 Å². The van der Waals surface area contributed by atoms with E-state index in [1.165, 1.54) is 131 Å². The van der Waals surface area contributed by atoms with Gasteiger partial charge in [0.2, 0.25) is 0 Å². The summed E-state index contributed by atoms with van der Waals surface area (Å²) in [6, 6.07) is 16.7. The summed E-state index contributed by atoms with van der Waals surface area (Å²) in [6.45, 7) is 5.72. The van der Waals surface area contributed by atoms with E-state index < -0.39 is 0 Å². The van der Waals surface area contributed by atoms with Crippen molar-refractivity contribution in [3.05, 3.63) is 61.8 Å². The Balaban J connectivity index is 0.000000164. The van der Waals surface area contributed by atoms with Crippen LogP contribution in [-0.2, 0) is 14.1 Å². The van der Waals surface area contributed by atoms with Crippen LogP contribution in [0.5, 0.6) is 0 Å². The first-order valence-corrected chi connectivity index (χ1v) is 22.7. The van der Waals surface area contributed by atoms with Crippen LogP contribution in [0.15, 0.2) is 54.9 Å². The average molecular weight is 701 g/mol. The zero-order valence-corrected chi connectivity index (χ0v) is 33.0. The largest absolute Gasteiger partial charge is 1.00 e. The van der Waals surface area contributed by atoms with Crippen LogP contribution in [-0.4, -0.2) is 41.7 Å². The SMILES string of the molecule is ClP(C1CCCC1)C1CCCC1.Cn1c(P(C2CCCC2)C2CCCC2)nc2ccccc21.Cn1cnc2ccccc21.[CH2-]CCC.[Li+]. The molecular weight excluding hydrogens is 641 g/mol. The van der Waals surface area contributed by atoms with Gasteiger partial charge in [-0.15, -0.1) is 0 Å². The minimum atomic E-state index is -0.111. The molecule has 8 heteroatoms. The standard InChI is InChI=1S/C18H25N2P.C10H18ClP.C8H8N2.C4H9.Li/c1-20-17-13-7-6-12-16(17)19-18(20)21(14-8-2-3-9-14)15-10-4-5-11-15;11-12(9-5-1-2-6-9)10-7-3-4-8-10;1-10-6-9-7-4-2-3-5-8(7)10;1-3-4-2;/h6-7,12-15H,2-5,8-11H2,1H3;9-10H,1-8H2;2-6H,1H3;1,3-4H2,2H3;/q;;;-1;+1. The van der Waals surface area contributed by atoms with Crippen molar-refractivity contribution >= 4 is 54.1 Å². The molecule has 0 saturated heterocycles. The number of nitrogens with zero attached hydrogens (tertiary/aromatic N) is 4. The summed E-state index contributed by atoms with van der Waals surface area (Å²) in [5, 5.41) is 0. The van der Waals surface area contributed by atoms with E-state index in [1.54, 1.807) is 0 Å². The molecule has 4 nitrogen and oxygen atoms in total. The number of unbranched alkanes of at least 4 members (excludes halogenated alkanes) is 1. The molecule has 0 bridgehead atoms. The molecule has 2 aromatic heterocycles. The summed E-state index contributed by atoms with van der Waals surface area (Å²) in [7, 11) is 4.05. The van der Waals surface area contributed by atoms with Gasteiger partial charge in [-0.2, -0.15) is 6.42 Å². The number of halogens is 1. The van der Waals surface area contributed by atoms with Gasteiger partial charge in [0.1, 0.15) is 5.57 Å². The summed E-state index contributed by atoms with van der Waals surface area (Å²) in [5.74, 6) is 0. The van der Waals surface area contributed by atoms with E-state index >= 15 is 0 Å². The Kier molecular flexibility index (Phi) is 17.3. The first-order valence-electron chi connectivity index (χ1n) is 18.8. The minimum absolute atomic E-state index is 0. The molecular formula is C40H60ClLiN4P2. The third-order valence-electron chi connectivity index (χ3n) is 10.8. The number of hydrogen-bond acceptors (Lipinski definition) is 2. The van der Waals surface area contributed by atoms with Crippen LogP contribution < -0.4 is 24.4 Å². The molecule has 48 heavy (non-hydrogen) atoms. The van der Waals surface area contributed by atoms with Crippen molar-refractivity contribution in [1.82, 2.24) is 19.1 Å². The van der Waals surface area contributed by atoms with Crippen LogP contribution in [0.1, 0.15) is 122 Å². The third kappa shape index (κ3) is 10.6. The Morgan fingerprint density at radius 1 is 0.688 bits per heavy atom. The van der Waals surface area contributed by atoms with Crippen LogP contribution >= 0.6 is 26.4 Å². The van der Waals surface area contributed by atoms with Gasteiger partial charge in [-0.25, -0.2) is 9.97 Å². The van der Waals surface area contributed by atoms with Crippen molar-refractivity contribution in [2.24, 2.45) is 14.1 Å². The van der Waals surface area contributed by atoms with Crippen molar-refractivity contribution in [3.63, 3.8) is 0 Å². The van der Waals surface area contributed by atoms with E-state index in [1.807, 2.05) is 36.1 Å². The fraction of sp³-hybridized carbons (Fsp3) is 0.625. The van der Waals surface area contributed by atoms with E-state index in [2.05, 4.69) is 60.8 Å². The van der Waals surface area contributed by atoms with E-state index in [4.69, 9.17) is 16.2 Å². The van der Waals surface area contributed by atoms with Gasteiger partial charge in [0.05, 0.1) is 28.4 Å². The van der Waals surface area contributed by atoms with Gasteiger partial charge >= 0.3 is 18.9 Å². The van der Waals surface area contributed by atoms with Crippen LogP contribution in [0.4, 0.5) is 0 Å². The predicted molar refractivity (Wildman–Crippen MR) is 210 cm³/mol. The smallest absolute Gasteiger partial charge is 0.343 e. The van der Waals surface area contributed by atoms with Crippen molar-refractivity contribution in [1.29, 1.82) is 0 Å². The Morgan fingerprint density at radius 3 is 1.54 bits per heavy atom. The summed E-state index contributed by atoms with van der Waals surface area (Å²) in [6.07, 6.45) is 27.2. The van der Waals surface area contributed by atoms with Crippen LogP contribution in [0, 0.1) is 6.92 Å². The van der Waals surface area contributed by atoms with Crippen molar-refractivity contribution in [2.45, 2.75) is 145 Å². The molecule has 0 unspecified atom stereocenters. The van der Waals surface area contributed by atoms with Crippen molar-refractivity contribution in [3.8, 4) is 0 Å². The predicted octanol–water partition coefficient (Wildman–Crippen LogP) is 9.27. The number of benzene rings is 2. The Labute approximate surface area is 311 Å². The molecule has 4 aromatic rings. The van der Waals surface area contributed by atoms with E-state index in [0.29, 0.717) is 0 Å². The summed E-state index contributed by atoms with van der Waals surface area (Å²) in [4.78, 5) is 9.27. The van der Waals surface area contributed by atoms with Crippen molar-refractivity contribution < 1.29 is 18.9 Å². The Morgan fingerprint density at radius 2 is 1.10 bits per heavy atom. The molecule has 4 saturated carbocycles. The molecule has 0 radical (unpaired) electrons. The number of imidazole rings is 2. The molecule has 4 fully saturated rings. The monoisotopic (exact) mass is 700 g/mol. The van der Waals surface area contributed by atoms with Gasteiger partial charge in [0.15, 0.2) is 0 Å². The summed E-state index contributed by atoms with van der Waals surface area (Å²) in [5.41, 5.74) is 9.94. The van der Waals surface area contributed by atoms with E-state index in [-0.39, 0.29) is 34.1 Å². The normalized spacial score (nSPS) is 18.9. The molecule has 0 atom stereocenters. The number of hydrogen-bond donors (Lipinski definition) is 0. The number of rotatable bonds is 6. The fourth-order valence-electron chi connectivity index (χ4n) is 8.04. The topological polar surface area (TPSA) is 35.6 Å². The second-order valence-electron chi connectivity index (χ2n) is 14.2. The zero-order chi connectivity index (χ0) is 33.0. The number of aryl methyl sites for hydroxylation is 2. The van der Waals surface area contributed by atoms with Crippen LogP contribution in [0.2, 0.25) is 0 Å². The molecule has 0 N–H and O–H groups in total. The van der Waals surface area contributed by atoms with E-state index in [9.17, 15) is 0 Å². The molecule has 4 aliphatic carbocycles. The Bertz CT molecular complexity index is 1430. The molecule has 2 aromatic carbocycles. The average Bonchev–Trinajstić information content (AvgIpc) is 3.95. The number of aromatic nitrogens is 4. The Hall–Kier alpha value is -0.873. The molecule has 2 heterocycles. The van der Waals surface area contributed by atoms with Gasteiger partial charge in [0.25, 0.3) is 0 Å². The van der Waals surface area contributed by atoms with Gasteiger partial charge in [-0.1, -0.05) is 100 Å². The fourth-order valence-corrected chi connectivity index (χ4v) is 15.3. The molecule has 258 valence electrons. The van der Waals surface area contributed by atoms with Gasteiger partial charge < -0.3 is 16.1 Å². The third-order valence-corrected chi connectivity index (χ3v) is 18.3. The van der Waals surface area contributed by atoms with Gasteiger partial charge in [0, 0.05) is 14.1 Å². The molecule has 0 spiro atoms. The number of para-hydroxylation sites is 4. The number of fused-ring (bicyclic) bond motifs is 2. The molecule has 0 amide bonds.